The highest BCUT2D eigenvalue weighted by molar-refractivity contribution is 5.90. The first-order valence-electron chi connectivity index (χ1n) is 11.1. The van der Waals surface area contributed by atoms with Gasteiger partial charge in [0.1, 0.15) is 6.61 Å². The van der Waals surface area contributed by atoms with E-state index in [4.69, 9.17) is 9.47 Å². The van der Waals surface area contributed by atoms with Gasteiger partial charge in [-0.05, 0) is 54.4 Å². The first-order valence-corrected chi connectivity index (χ1v) is 11.1. The van der Waals surface area contributed by atoms with Crippen molar-refractivity contribution < 1.29 is 19.1 Å². The maximum Gasteiger partial charge on any atom is 0.338 e. The molecule has 0 fully saturated rings. The van der Waals surface area contributed by atoms with Crippen LogP contribution in [0.1, 0.15) is 44.7 Å². The number of nitrogens with zero attached hydrogens (tertiary/aromatic N) is 2. The zero-order valence-corrected chi connectivity index (χ0v) is 18.8. The van der Waals surface area contributed by atoms with E-state index in [-0.39, 0.29) is 18.5 Å². The second-order valence-corrected chi connectivity index (χ2v) is 7.86. The van der Waals surface area contributed by atoms with Crippen LogP contribution in [0.5, 0.6) is 0 Å². The molecule has 1 heterocycles. The predicted octanol–water partition coefficient (Wildman–Crippen LogP) is 5.23. The van der Waals surface area contributed by atoms with Gasteiger partial charge in [-0.25, -0.2) is 9.59 Å². The lowest BCUT2D eigenvalue weighted by molar-refractivity contribution is 0.0471. The van der Waals surface area contributed by atoms with Gasteiger partial charge >= 0.3 is 11.9 Å². The van der Waals surface area contributed by atoms with Crippen molar-refractivity contribution in [1.82, 2.24) is 0 Å². The normalized spacial score (nSPS) is 14.8. The predicted molar refractivity (Wildman–Crippen MR) is 128 cm³/mol. The molecule has 34 heavy (non-hydrogen) atoms. The summed E-state index contributed by atoms with van der Waals surface area (Å²) < 4.78 is 10.5. The van der Waals surface area contributed by atoms with E-state index >= 15 is 0 Å². The van der Waals surface area contributed by atoms with E-state index in [9.17, 15) is 14.9 Å². The van der Waals surface area contributed by atoms with E-state index in [2.05, 4.69) is 6.07 Å². The van der Waals surface area contributed by atoms with Crippen molar-refractivity contribution in [1.29, 1.82) is 5.26 Å². The van der Waals surface area contributed by atoms with Crippen molar-refractivity contribution >= 4 is 17.6 Å². The molecule has 3 aromatic carbocycles. The fourth-order valence-electron chi connectivity index (χ4n) is 3.87. The monoisotopic (exact) mass is 452 g/mol. The molecule has 1 atom stereocenters. The Morgan fingerprint density at radius 3 is 2.38 bits per heavy atom. The number of esters is 2. The largest absolute Gasteiger partial charge is 0.462 e. The van der Waals surface area contributed by atoms with Crippen molar-refractivity contribution in [3.8, 4) is 6.07 Å². The van der Waals surface area contributed by atoms with E-state index in [0.29, 0.717) is 29.9 Å². The highest BCUT2D eigenvalue weighted by Crippen LogP contribution is 2.34. The van der Waals surface area contributed by atoms with Gasteiger partial charge in [0.2, 0.25) is 0 Å². The second-order valence-electron chi connectivity index (χ2n) is 7.86. The minimum atomic E-state index is -0.405. The van der Waals surface area contributed by atoms with Gasteiger partial charge in [0.05, 0.1) is 29.4 Å². The van der Waals surface area contributed by atoms with Crippen LogP contribution in [0.4, 0.5) is 5.69 Å². The van der Waals surface area contributed by atoms with Gasteiger partial charge in [-0.15, -0.1) is 0 Å². The first kappa shape index (κ1) is 22.8. The molecule has 1 unspecified atom stereocenters. The maximum absolute atomic E-state index is 12.6. The molecule has 1 aliphatic heterocycles. The Morgan fingerprint density at radius 1 is 0.941 bits per heavy atom. The number of benzene rings is 3. The summed E-state index contributed by atoms with van der Waals surface area (Å²) in [5.74, 6) is -0.952. The quantitative estimate of drug-likeness (QED) is 0.457. The Balaban J connectivity index is 1.47. The number of nitriles is 1. The average molecular weight is 453 g/mol. The number of anilines is 1. The molecule has 6 heteroatoms. The van der Waals surface area contributed by atoms with Crippen LogP contribution >= 0.6 is 0 Å². The Morgan fingerprint density at radius 2 is 1.68 bits per heavy atom. The molecule has 0 spiro atoms. The topological polar surface area (TPSA) is 79.6 Å². The molecule has 1 aliphatic rings. The second kappa shape index (κ2) is 10.5. The third-order valence-electron chi connectivity index (χ3n) is 5.63. The molecule has 0 amide bonds. The number of carbonyl (C=O) groups excluding carboxylic acids is 2. The lowest BCUT2D eigenvalue weighted by Crippen LogP contribution is -2.17. The van der Waals surface area contributed by atoms with Crippen molar-refractivity contribution in [3.63, 3.8) is 0 Å². The standard InChI is InChI=1S/C28H24N2O4/c1-2-33-27(31)21-11-13-25(14-12-21)30-17-24(16-29)26(18-30)22-9-6-10-23(15-22)28(32)34-19-20-7-4-3-5-8-20/h3-15,17,26H,2,18-19H2,1H3. The molecule has 0 aromatic heterocycles. The SMILES string of the molecule is CCOC(=O)c1ccc(N2C=C(C#N)C(c3cccc(C(=O)OCc4ccccc4)c3)C2)cc1. The third kappa shape index (κ3) is 5.16. The summed E-state index contributed by atoms with van der Waals surface area (Å²) in [6, 6.07) is 26.1. The van der Waals surface area contributed by atoms with Crippen molar-refractivity contribution in [2.45, 2.75) is 19.4 Å². The van der Waals surface area contributed by atoms with Crippen LogP contribution in [-0.4, -0.2) is 25.1 Å². The Hall–Kier alpha value is -4.37. The lowest BCUT2D eigenvalue weighted by Gasteiger charge is -2.19. The molecular weight excluding hydrogens is 428 g/mol. The number of rotatable bonds is 7. The first-order chi connectivity index (χ1) is 16.6. The van der Waals surface area contributed by atoms with Crippen LogP contribution in [-0.2, 0) is 16.1 Å². The molecule has 4 rings (SSSR count). The van der Waals surface area contributed by atoms with Crippen LogP contribution in [0.2, 0.25) is 0 Å². The summed E-state index contributed by atoms with van der Waals surface area (Å²) in [6.45, 7) is 2.83. The zero-order chi connectivity index (χ0) is 23.9. The van der Waals surface area contributed by atoms with Gasteiger partial charge in [0.15, 0.2) is 0 Å². The number of carbonyl (C=O) groups is 2. The van der Waals surface area contributed by atoms with Crippen molar-refractivity contribution in [2.24, 2.45) is 0 Å². The van der Waals surface area contributed by atoms with Crippen LogP contribution in [0.15, 0.2) is 90.6 Å². The minimum Gasteiger partial charge on any atom is -0.462 e. The maximum atomic E-state index is 12.6. The summed E-state index contributed by atoms with van der Waals surface area (Å²) in [6.07, 6.45) is 1.81. The van der Waals surface area contributed by atoms with Crippen molar-refractivity contribution in [3.05, 3.63) is 113 Å². The molecule has 0 saturated heterocycles. The van der Waals surface area contributed by atoms with Crippen LogP contribution < -0.4 is 4.90 Å². The fourth-order valence-corrected chi connectivity index (χ4v) is 3.87. The van der Waals surface area contributed by atoms with E-state index in [1.807, 2.05) is 59.6 Å². The highest BCUT2D eigenvalue weighted by atomic mass is 16.5. The molecular formula is C28H24N2O4. The Bertz CT molecular complexity index is 1240. The fraction of sp³-hybridized carbons (Fsp3) is 0.179. The highest BCUT2D eigenvalue weighted by Gasteiger charge is 2.27. The van der Waals surface area contributed by atoms with E-state index < -0.39 is 5.97 Å². The van der Waals surface area contributed by atoms with Gasteiger partial charge in [0.25, 0.3) is 0 Å². The summed E-state index contributed by atoms with van der Waals surface area (Å²) >= 11 is 0. The Kier molecular flexibility index (Phi) is 7.04. The van der Waals surface area contributed by atoms with Crippen molar-refractivity contribution in [2.75, 3.05) is 18.1 Å². The van der Waals surface area contributed by atoms with Crippen LogP contribution in [0.3, 0.4) is 0 Å². The summed E-state index contributed by atoms with van der Waals surface area (Å²) in [7, 11) is 0. The Labute approximate surface area is 198 Å². The zero-order valence-electron chi connectivity index (χ0n) is 18.8. The molecule has 0 saturated carbocycles. The summed E-state index contributed by atoms with van der Waals surface area (Å²) in [5, 5.41) is 9.73. The van der Waals surface area contributed by atoms with Gasteiger partial charge in [0, 0.05) is 24.4 Å². The molecule has 0 radical (unpaired) electrons. The van der Waals surface area contributed by atoms with Gasteiger partial charge < -0.3 is 14.4 Å². The van der Waals surface area contributed by atoms with Gasteiger partial charge in [-0.3, -0.25) is 0 Å². The molecule has 3 aromatic rings. The van der Waals surface area contributed by atoms with Crippen LogP contribution in [0.25, 0.3) is 0 Å². The van der Waals surface area contributed by atoms with Crippen LogP contribution in [0, 0.1) is 11.3 Å². The molecule has 0 bridgehead atoms. The number of hydrogen-bond donors (Lipinski definition) is 0. The minimum absolute atomic E-state index is 0.184. The summed E-state index contributed by atoms with van der Waals surface area (Å²) in [5.41, 5.74) is 4.18. The van der Waals surface area contributed by atoms with E-state index in [1.165, 1.54) is 0 Å². The lowest BCUT2D eigenvalue weighted by atomic mass is 9.93. The average Bonchev–Trinajstić information content (AvgIpc) is 3.33. The molecule has 170 valence electrons. The smallest absolute Gasteiger partial charge is 0.338 e. The molecule has 0 N–H and O–H groups in total. The third-order valence-corrected chi connectivity index (χ3v) is 5.63. The van der Waals surface area contributed by atoms with Gasteiger partial charge in [-0.1, -0.05) is 42.5 Å². The van der Waals surface area contributed by atoms with Gasteiger partial charge in [-0.2, -0.15) is 5.26 Å². The summed E-state index contributed by atoms with van der Waals surface area (Å²) in [4.78, 5) is 26.5. The molecule has 6 nitrogen and oxygen atoms in total. The number of ether oxygens (including phenoxy) is 2. The van der Waals surface area contributed by atoms with E-state index in [0.717, 1.165) is 16.8 Å². The molecule has 0 aliphatic carbocycles. The number of hydrogen-bond acceptors (Lipinski definition) is 6. The van der Waals surface area contributed by atoms with E-state index in [1.54, 1.807) is 37.3 Å².